The molecule has 1 aliphatic heterocycles. The van der Waals surface area contributed by atoms with Gasteiger partial charge >= 0.3 is 0 Å². The summed E-state index contributed by atoms with van der Waals surface area (Å²) in [6, 6.07) is 12.2. The highest BCUT2D eigenvalue weighted by Crippen LogP contribution is 2.22. The highest BCUT2D eigenvalue weighted by atomic mass is 79.9. The first-order chi connectivity index (χ1) is 12.8. The highest BCUT2D eigenvalue weighted by molar-refractivity contribution is 9.10. The first-order valence-corrected chi connectivity index (χ1v) is 11.4. The van der Waals surface area contributed by atoms with E-state index < -0.39 is 10.0 Å². The van der Waals surface area contributed by atoms with Crippen LogP contribution in [0.1, 0.15) is 5.56 Å². The lowest BCUT2D eigenvalue weighted by Crippen LogP contribution is -2.51. The Morgan fingerprint density at radius 1 is 1.11 bits per heavy atom. The Balaban J connectivity index is 1.61. The normalized spacial score (nSPS) is 15.6. The van der Waals surface area contributed by atoms with Crippen LogP contribution in [0.3, 0.4) is 0 Å². The summed E-state index contributed by atoms with van der Waals surface area (Å²) in [5.74, 6) is 0. The Hall–Kier alpha value is -1.19. The molecule has 144 valence electrons. The van der Waals surface area contributed by atoms with E-state index in [0.29, 0.717) is 36.3 Å². The van der Waals surface area contributed by atoms with E-state index >= 15 is 0 Å². The second-order valence-corrected chi connectivity index (χ2v) is 9.85. The summed E-state index contributed by atoms with van der Waals surface area (Å²) in [5.41, 5.74) is 2.03. The van der Waals surface area contributed by atoms with Crippen molar-refractivity contribution < 1.29 is 8.42 Å². The largest absolute Gasteiger partial charge is 0.346 e. The molecule has 1 N–H and O–H groups in total. The lowest BCUT2D eigenvalue weighted by Gasteiger charge is -2.35. The molecular weight excluding hydrogens is 470 g/mol. The van der Waals surface area contributed by atoms with E-state index in [9.17, 15) is 8.42 Å². The van der Waals surface area contributed by atoms with Crippen LogP contribution in [0.4, 0.5) is 5.69 Å². The van der Waals surface area contributed by atoms with Gasteiger partial charge in [-0.15, -0.1) is 0 Å². The number of hydrogen-bond donors (Lipinski definition) is 1. The Morgan fingerprint density at radius 3 is 2.33 bits per heavy atom. The number of sulfonamides is 1. The smallest absolute Gasteiger partial charge is 0.243 e. The van der Waals surface area contributed by atoms with Gasteiger partial charge in [0.05, 0.1) is 4.90 Å². The van der Waals surface area contributed by atoms with E-state index in [1.165, 1.54) is 16.4 Å². The molecule has 0 aromatic heterocycles. The minimum atomic E-state index is -3.52. The quantitative estimate of drug-likeness (QED) is 0.659. The van der Waals surface area contributed by atoms with Crippen molar-refractivity contribution in [1.82, 2.24) is 9.21 Å². The van der Waals surface area contributed by atoms with Crippen LogP contribution in [0.2, 0.25) is 5.02 Å². The minimum absolute atomic E-state index is 0.256. The van der Waals surface area contributed by atoms with E-state index in [1.54, 1.807) is 12.1 Å². The average molecular weight is 489 g/mol. The first kappa shape index (κ1) is 20.5. The molecule has 1 aliphatic rings. The van der Waals surface area contributed by atoms with Crippen molar-refractivity contribution in [1.29, 1.82) is 0 Å². The molecule has 27 heavy (non-hydrogen) atoms. The molecule has 0 unspecified atom stereocenters. The van der Waals surface area contributed by atoms with Gasteiger partial charge in [0.1, 0.15) is 0 Å². The molecule has 0 bridgehead atoms. The van der Waals surface area contributed by atoms with Crippen LogP contribution in [0.5, 0.6) is 0 Å². The molecule has 0 aliphatic carbocycles. The lowest BCUT2D eigenvalue weighted by molar-refractivity contribution is 0.268. The first-order valence-electron chi connectivity index (χ1n) is 8.35. The molecule has 1 heterocycles. The summed E-state index contributed by atoms with van der Waals surface area (Å²) in [6.07, 6.45) is 0. The van der Waals surface area contributed by atoms with Gasteiger partial charge in [-0.05, 0) is 67.2 Å². The third-order valence-corrected chi connectivity index (χ3v) is 7.80. The van der Waals surface area contributed by atoms with Crippen molar-refractivity contribution in [2.24, 2.45) is 0 Å². The zero-order valence-electron chi connectivity index (χ0n) is 14.7. The third-order valence-electron chi connectivity index (χ3n) is 4.39. The molecule has 0 amide bonds. The predicted octanol–water partition coefficient (Wildman–Crippen LogP) is 4.11. The summed E-state index contributed by atoms with van der Waals surface area (Å²) in [7, 11) is -3.52. The minimum Gasteiger partial charge on any atom is -0.346 e. The van der Waals surface area contributed by atoms with Crippen molar-refractivity contribution in [2.45, 2.75) is 11.8 Å². The molecule has 0 saturated carbocycles. The van der Waals surface area contributed by atoms with Gasteiger partial charge in [0.25, 0.3) is 0 Å². The molecule has 2 aromatic carbocycles. The number of hydrogen-bond acceptors (Lipinski definition) is 3. The molecule has 1 fully saturated rings. The Kier molecular flexibility index (Phi) is 6.43. The van der Waals surface area contributed by atoms with E-state index in [1.807, 2.05) is 30.0 Å². The Labute approximate surface area is 178 Å². The van der Waals surface area contributed by atoms with Crippen LogP contribution in [0.15, 0.2) is 51.8 Å². The van der Waals surface area contributed by atoms with Gasteiger partial charge in [-0.25, -0.2) is 8.42 Å². The zero-order valence-corrected chi connectivity index (χ0v) is 18.6. The van der Waals surface area contributed by atoms with Crippen LogP contribution >= 0.6 is 39.7 Å². The maximum absolute atomic E-state index is 12.7. The second-order valence-electron chi connectivity index (χ2n) is 6.24. The van der Waals surface area contributed by atoms with Crippen LogP contribution in [-0.4, -0.2) is 48.9 Å². The molecule has 9 heteroatoms. The zero-order chi connectivity index (χ0) is 19.6. The van der Waals surface area contributed by atoms with Gasteiger partial charge < -0.3 is 10.2 Å². The van der Waals surface area contributed by atoms with Crippen molar-refractivity contribution in [3.05, 3.63) is 57.5 Å². The van der Waals surface area contributed by atoms with E-state index in [0.717, 1.165) is 15.7 Å². The van der Waals surface area contributed by atoms with Crippen molar-refractivity contribution in [2.75, 3.05) is 31.5 Å². The Bertz CT molecular complexity index is 944. The topological polar surface area (TPSA) is 52.6 Å². The highest BCUT2D eigenvalue weighted by Gasteiger charge is 2.29. The summed E-state index contributed by atoms with van der Waals surface area (Å²) < 4.78 is 28.0. The maximum Gasteiger partial charge on any atom is 0.243 e. The van der Waals surface area contributed by atoms with Gasteiger partial charge in [0, 0.05) is 41.4 Å². The summed E-state index contributed by atoms with van der Waals surface area (Å²) in [4.78, 5) is 2.24. The fourth-order valence-corrected chi connectivity index (χ4v) is 4.91. The molecule has 2 aromatic rings. The number of rotatable bonds is 3. The SMILES string of the molecule is Cc1cc(NC(=S)N2CCN(S(=O)(=O)c3ccc(Cl)cc3)CC2)ccc1Br. The van der Waals surface area contributed by atoms with E-state index in [-0.39, 0.29) is 4.90 Å². The fraction of sp³-hybridized carbons (Fsp3) is 0.278. The van der Waals surface area contributed by atoms with E-state index in [4.69, 9.17) is 23.8 Å². The summed E-state index contributed by atoms with van der Waals surface area (Å²) in [6.45, 7) is 3.85. The summed E-state index contributed by atoms with van der Waals surface area (Å²) in [5, 5.41) is 4.33. The number of thiocarbonyl (C=S) groups is 1. The molecule has 5 nitrogen and oxygen atoms in total. The van der Waals surface area contributed by atoms with Crippen molar-refractivity contribution in [3.63, 3.8) is 0 Å². The Morgan fingerprint density at radius 2 is 1.74 bits per heavy atom. The lowest BCUT2D eigenvalue weighted by atomic mass is 10.2. The molecule has 0 radical (unpaired) electrons. The molecule has 1 saturated heterocycles. The van der Waals surface area contributed by atoms with Crippen LogP contribution < -0.4 is 5.32 Å². The van der Waals surface area contributed by atoms with Crippen molar-refractivity contribution >= 4 is 60.6 Å². The van der Waals surface area contributed by atoms with Crippen LogP contribution in [0.25, 0.3) is 0 Å². The predicted molar refractivity (Wildman–Crippen MR) is 117 cm³/mol. The van der Waals surface area contributed by atoms with Crippen molar-refractivity contribution in [3.8, 4) is 0 Å². The number of piperazine rings is 1. The number of halogens is 2. The third kappa shape index (κ3) is 4.81. The average Bonchev–Trinajstić information content (AvgIpc) is 2.65. The second kappa shape index (κ2) is 8.45. The molecular formula is C18H19BrClN3O2S2. The fourth-order valence-electron chi connectivity index (χ4n) is 2.81. The van der Waals surface area contributed by atoms with Gasteiger partial charge in [0.15, 0.2) is 5.11 Å². The number of benzene rings is 2. The van der Waals surface area contributed by atoms with Gasteiger partial charge in [-0.2, -0.15) is 4.31 Å². The summed E-state index contributed by atoms with van der Waals surface area (Å²) >= 11 is 14.8. The molecule has 0 atom stereocenters. The molecule has 3 rings (SSSR count). The monoisotopic (exact) mass is 487 g/mol. The van der Waals surface area contributed by atoms with Gasteiger partial charge in [-0.1, -0.05) is 27.5 Å². The standard InChI is InChI=1S/C18H19BrClN3O2S2/c1-13-12-15(4-7-17(13)19)21-18(26)22-8-10-23(11-9-22)27(24,25)16-5-2-14(20)3-6-16/h2-7,12H,8-11H2,1H3,(H,21,26). The van der Waals surface area contributed by atoms with E-state index in [2.05, 4.69) is 21.2 Å². The number of nitrogens with zero attached hydrogens (tertiary/aromatic N) is 2. The molecule has 0 spiro atoms. The number of aryl methyl sites for hydroxylation is 1. The van der Waals surface area contributed by atoms with Crippen LogP contribution in [-0.2, 0) is 10.0 Å². The van der Waals surface area contributed by atoms with Gasteiger partial charge in [-0.3, -0.25) is 0 Å². The van der Waals surface area contributed by atoms with Crippen LogP contribution in [0, 0.1) is 6.92 Å². The number of nitrogens with one attached hydrogen (secondary N) is 1. The maximum atomic E-state index is 12.7. The van der Waals surface area contributed by atoms with Gasteiger partial charge in [0.2, 0.25) is 10.0 Å². The number of anilines is 1.